The van der Waals surface area contributed by atoms with E-state index in [0.717, 1.165) is 63.3 Å². The van der Waals surface area contributed by atoms with Gasteiger partial charge in [0.1, 0.15) is 5.69 Å². The summed E-state index contributed by atoms with van der Waals surface area (Å²) < 4.78 is 12.9. The third kappa shape index (κ3) is 5.53. The van der Waals surface area contributed by atoms with Crippen molar-refractivity contribution in [3.05, 3.63) is 35.4 Å². The Kier molecular flexibility index (Phi) is 7.04. The quantitative estimate of drug-likeness (QED) is 0.662. The summed E-state index contributed by atoms with van der Waals surface area (Å²) in [6.45, 7) is 7.53. The molecule has 0 saturated carbocycles. The Hall–Kier alpha value is -2.23. The Bertz CT molecular complexity index is 845. The van der Waals surface area contributed by atoms with Crippen LogP contribution in [-0.4, -0.2) is 76.8 Å². The number of hydrogen-bond acceptors (Lipinski definition) is 6. The first-order valence-electron chi connectivity index (χ1n) is 11.2. The van der Waals surface area contributed by atoms with Gasteiger partial charge < -0.3 is 14.8 Å². The van der Waals surface area contributed by atoms with E-state index in [-0.39, 0.29) is 17.4 Å². The van der Waals surface area contributed by atoms with Crippen molar-refractivity contribution in [2.45, 2.75) is 51.8 Å². The van der Waals surface area contributed by atoms with Gasteiger partial charge in [0.15, 0.2) is 0 Å². The highest BCUT2D eigenvalue weighted by Crippen LogP contribution is 2.40. The zero-order chi connectivity index (χ0) is 21.7. The van der Waals surface area contributed by atoms with E-state index in [1.165, 1.54) is 0 Å². The van der Waals surface area contributed by atoms with Crippen LogP contribution in [0.1, 0.15) is 47.6 Å². The molecule has 2 N–H and O–H groups in total. The molecular formula is C22H34N6O3. The number of likely N-dealkylation sites (tertiary alicyclic amines) is 1. The van der Waals surface area contributed by atoms with E-state index in [9.17, 15) is 4.79 Å². The van der Waals surface area contributed by atoms with Crippen LogP contribution >= 0.6 is 0 Å². The SMILES string of the molecule is COCCn1nccc1C(=O)NC[C@H]1CCC2(CCN(Cc3cc(C)[nH]n3)CC2)CO1. The maximum absolute atomic E-state index is 12.5. The first kappa shape index (κ1) is 22.0. The van der Waals surface area contributed by atoms with Crippen molar-refractivity contribution in [3.8, 4) is 0 Å². The van der Waals surface area contributed by atoms with Crippen LogP contribution in [0.15, 0.2) is 18.3 Å². The van der Waals surface area contributed by atoms with Gasteiger partial charge in [0, 0.05) is 32.1 Å². The maximum Gasteiger partial charge on any atom is 0.269 e. The van der Waals surface area contributed by atoms with Crippen molar-refractivity contribution < 1.29 is 14.3 Å². The third-order valence-electron chi connectivity index (χ3n) is 6.63. The van der Waals surface area contributed by atoms with Crippen LogP contribution in [-0.2, 0) is 22.6 Å². The molecule has 9 heteroatoms. The second-order valence-corrected chi connectivity index (χ2v) is 8.93. The molecule has 0 aromatic carbocycles. The molecule has 0 bridgehead atoms. The molecule has 2 aliphatic heterocycles. The monoisotopic (exact) mass is 430 g/mol. The van der Waals surface area contributed by atoms with Gasteiger partial charge in [-0.3, -0.25) is 19.5 Å². The van der Waals surface area contributed by atoms with Crippen molar-refractivity contribution in [3.63, 3.8) is 0 Å². The van der Waals surface area contributed by atoms with E-state index in [4.69, 9.17) is 9.47 Å². The Balaban J connectivity index is 1.19. The minimum Gasteiger partial charge on any atom is -0.383 e. The lowest BCUT2D eigenvalue weighted by molar-refractivity contribution is -0.0845. The molecule has 1 spiro atoms. The largest absolute Gasteiger partial charge is 0.383 e. The highest BCUT2D eigenvalue weighted by molar-refractivity contribution is 5.92. The predicted octanol–water partition coefficient (Wildman–Crippen LogP) is 1.75. The van der Waals surface area contributed by atoms with Crippen LogP contribution in [0.5, 0.6) is 0 Å². The van der Waals surface area contributed by atoms with Crippen LogP contribution in [0.4, 0.5) is 0 Å². The average molecular weight is 431 g/mol. The van der Waals surface area contributed by atoms with Gasteiger partial charge in [0.2, 0.25) is 0 Å². The number of amides is 1. The second kappa shape index (κ2) is 9.93. The minimum atomic E-state index is -0.112. The van der Waals surface area contributed by atoms with Crippen molar-refractivity contribution in [1.29, 1.82) is 0 Å². The lowest BCUT2D eigenvalue weighted by Crippen LogP contribution is -2.47. The normalized spacial score (nSPS) is 21.4. The van der Waals surface area contributed by atoms with Gasteiger partial charge in [0.25, 0.3) is 5.91 Å². The summed E-state index contributed by atoms with van der Waals surface area (Å²) in [7, 11) is 1.64. The molecule has 2 aromatic rings. The number of ether oxygens (including phenoxy) is 2. The van der Waals surface area contributed by atoms with E-state index in [1.54, 1.807) is 24.1 Å². The van der Waals surface area contributed by atoms with Crippen molar-refractivity contribution in [2.24, 2.45) is 5.41 Å². The molecule has 2 aliphatic rings. The van der Waals surface area contributed by atoms with Gasteiger partial charge in [-0.1, -0.05) is 0 Å². The smallest absolute Gasteiger partial charge is 0.269 e. The number of nitrogens with zero attached hydrogens (tertiary/aromatic N) is 4. The molecule has 0 aliphatic carbocycles. The highest BCUT2D eigenvalue weighted by atomic mass is 16.5. The molecule has 1 amide bonds. The number of hydrogen-bond donors (Lipinski definition) is 2. The molecular weight excluding hydrogens is 396 g/mol. The number of rotatable bonds is 8. The molecule has 4 heterocycles. The van der Waals surface area contributed by atoms with Gasteiger partial charge in [0.05, 0.1) is 31.6 Å². The fraction of sp³-hybridized carbons (Fsp3) is 0.682. The Morgan fingerprint density at radius 1 is 1.39 bits per heavy atom. The maximum atomic E-state index is 12.5. The number of aromatic amines is 1. The second-order valence-electron chi connectivity index (χ2n) is 8.93. The number of piperidine rings is 1. The van der Waals surface area contributed by atoms with Gasteiger partial charge >= 0.3 is 0 Å². The minimum absolute atomic E-state index is 0.0787. The summed E-state index contributed by atoms with van der Waals surface area (Å²) in [5, 5.41) is 14.6. The number of H-pyrrole nitrogens is 1. The molecule has 9 nitrogen and oxygen atoms in total. The fourth-order valence-electron chi connectivity index (χ4n) is 4.62. The molecule has 170 valence electrons. The van der Waals surface area contributed by atoms with Gasteiger partial charge in [-0.15, -0.1) is 0 Å². The summed E-state index contributed by atoms with van der Waals surface area (Å²) >= 11 is 0. The lowest BCUT2D eigenvalue weighted by Gasteiger charge is -2.45. The van der Waals surface area contributed by atoms with Crippen LogP contribution in [0.3, 0.4) is 0 Å². The molecule has 1 atom stereocenters. The first-order valence-corrected chi connectivity index (χ1v) is 11.2. The molecule has 31 heavy (non-hydrogen) atoms. The topological polar surface area (TPSA) is 97.3 Å². The molecule has 0 radical (unpaired) electrons. The fourth-order valence-corrected chi connectivity index (χ4v) is 4.62. The Morgan fingerprint density at radius 3 is 2.90 bits per heavy atom. The first-order chi connectivity index (χ1) is 15.1. The van der Waals surface area contributed by atoms with Crippen LogP contribution < -0.4 is 5.32 Å². The molecule has 2 aromatic heterocycles. The summed E-state index contributed by atoms with van der Waals surface area (Å²) in [5.41, 5.74) is 3.08. The third-order valence-corrected chi connectivity index (χ3v) is 6.63. The van der Waals surface area contributed by atoms with Crippen molar-refractivity contribution in [1.82, 2.24) is 30.2 Å². The molecule has 4 rings (SSSR count). The summed E-state index contributed by atoms with van der Waals surface area (Å²) in [4.78, 5) is 15.0. The number of carbonyl (C=O) groups is 1. The zero-order valence-electron chi connectivity index (χ0n) is 18.6. The number of aryl methyl sites for hydroxylation is 1. The number of aromatic nitrogens is 4. The van der Waals surface area contributed by atoms with E-state index < -0.39 is 0 Å². The average Bonchev–Trinajstić information content (AvgIpc) is 3.42. The van der Waals surface area contributed by atoms with Crippen molar-refractivity contribution >= 4 is 5.91 Å². The standard InChI is InChI=1S/C22H34N6O3/c1-17-13-18(26-25-17)15-27-9-6-22(7-10-27)5-3-19(31-16-22)14-23-21(29)20-4-8-24-28(20)11-12-30-2/h4,8,13,19H,3,5-7,9-12,14-16H2,1-2H3,(H,23,29)(H,25,26)/t19-/m1/s1. The predicted molar refractivity (Wildman–Crippen MR) is 116 cm³/mol. The summed E-state index contributed by atoms with van der Waals surface area (Å²) in [6, 6.07) is 3.86. The Labute approximate surface area is 183 Å². The van der Waals surface area contributed by atoms with Gasteiger partial charge in [-0.2, -0.15) is 10.2 Å². The molecule has 2 saturated heterocycles. The van der Waals surface area contributed by atoms with Crippen LogP contribution in [0.2, 0.25) is 0 Å². The highest BCUT2D eigenvalue weighted by Gasteiger charge is 2.39. The summed E-state index contributed by atoms with van der Waals surface area (Å²) in [6.07, 6.45) is 6.19. The molecule has 0 unspecified atom stereocenters. The molecule has 2 fully saturated rings. The van der Waals surface area contributed by atoms with Crippen LogP contribution in [0, 0.1) is 12.3 Å². The van der Waals surface area contributed by atoms with E-state index in [0.29, 0.717) is 25.4 Å². The summed E-state index contributed by atoms with van der Waals surface area (Å²) in [5.74, 6) is -0.112. The van der Waals surface area contributed by atoms with E-state index >= 15 is 0 Å². The van der Waals surface area contributed by atoms with Gasteiger partial charge in [-0.05, 0) is 63.2 Å². The number of carbonyl (C=O) groups excluding carboxylic acids is 1. The van der Waals surface area contributed by atoms with Crippen molar-refractivity contribution in [2.75, 3.05) is 40.0 Å². The Morgan fingerprint density at radius 2 is 2.23 bits per heavy atom. The van der Waals surface area contributed by atoms with E-state index in [2.05, 4.69) is 31.6 Å². The number of methoxy groups -OCH3 is 1. The van der Waals surface area contributed by atoms with Crippen LogP contribution in [0.25, 0.3) is 0 Å². The number of nitrogens with one attached hydrogen (secondary N) is 2. The zero-order valence-corrected chi connectivity index (χ0v) is 18.6. The van der Waals surface area contributed by atoms with E-state index in [1.807, 2.05) is 6.92 Å². The van der Waals surface area contributed by atoms with Gasteiger partial charge in [-0.25, -0.2) is 0 Å². The lowest BCUT2D eigenvalue weighted by atomic mass is 9.73.